The van der Waals surface area contributed by atoms with Gasteiger partial charge in [-0.2, -0.15) is 0 Å². The number of halogens is 1. The van der Waals surface area contributed by atoms with E-state index >= 15 is 0 Å². The molecule has 2 aromatic heterocycles. The molecule has 0 radical (unpaired) electrons. The zero-order valence-electron chi connectivity index (χ0n) is 9.40. The van der Waals surface area contributed by atoms with E-state index in [2.05, 4.69) is 26.2 Å². The predicted molar refractivity (Wildman–Crippen MR) is 71.1 cm³/mol. The third kappa shape index (κ3) is 3.38. The highest BCUT2D eigenvalue weighted by molar-refractivity contribution is 9.10. The number of rotatable bonds is 6. The highest BCUT2D eigenvalue weighted by Crippen LogP contribution is 2.32. The fraction of sp³-hybridized carbons (Fsp3) is 0.364. The molecule has 0 spiro atoms. The topological polar surface area (TPSA) is 47.3 Å². The van der Waals surface area contributed by atoms with Gasteiger partial charge in [-0.3, -0.25) is 0 Å². The molecule has 0 aliphatic carbocycles. The maximum atomic E-state index is 5.44. The molecule has 4 nitrogen and oxygen atoms in total. The zero-order valence-corrected chi connectivity index (χ0v) is 11.8. The Morgan fingerprint density at radius 2 is 2.47 bits per heavy atom. The third-order valence-corrected chi connectivity index (χ3v) is 3.98. The highest BCUT2D eigenvalue weighted by Gasteiger charge is 2.11. The largest absolute Gasteiger partial charge is 0.443 e. The summed E-state index contributed by atoms with van der Waals surface area (Å²) in [7, 11) is 1.68. The van der Waals surface area contributed by atoms with E-state index in [0.29, 0.717) is 19.0 Å². The number of hydrogen-bond acceptors (Lipinski definition) is 5. The number of methoxy groups -OCH3 is 1. The molecule has 1 N–H and O–H groups in total. The zero-order chi connectivity index (χ0) is 12.1. The lowest BCUT2D eigenvalue weighted by Gasteiger charge is -1.99. The summed E-state index contributed by atoms with van der Waals surface area (Å²) >= 11 is 5.07. The number of ether oxygens (including phenoxy) is 1. The van der Waals surface area contributed by atoms with Gasteiger partial charge >= 0.3 is 0 Å². The van der Waals surface area contributed by atoms with E-state index in [9.17, 15) is 0 Å². The number of nitrogens with one attached hydrogen (secondary N) is 1. The Hall–Kier alpha value is -0.690. The second kappa shape index (κ2) is 6.30. The molecule has 17 heavy (non-hydrogen) atoms. The molecule has 0 bridgehead atoms. The molecule has 2 heterocycles. The summed E-state index contributed by atoms with van der Waals surface area (Å²) in [4.78, 5) is 5.44. The minimum Gasteiger partial charge on any atom is -0.443 e. The number of thiophene rings is 1. The van der Waals surface area contributed by atoms with Crippen LogP contribution in [0.4, 0.5) is 0 Å². The van der Waals surface area contributed by atoms with Crippen LogP contribution in [0.5, 0.6) is 0 Å². The third-order valence-electron chi connectivity index (χ3n) is 2.15. The standard InChI is InChI=1S/C11H13BrN2O2S/c1-15-4-3-13-6-8-7-16-11(14-8)10-9(12)2-5-17-10/h2,5,7,13H,3-4,6H2,1H3. The molecular weight excluding hydrogens is 304 g/mol. The molecule has 0 saturated carbocycles. The van der Waals surface area contributed by atoms with Crippen LogP contribution in [0.1, 0.15) is 5.69 Å². The second-order valence-corrected chi connectivity index (χ2v) is 5.18. The molecule has 92 valence electrons. The summed E-state index contributed by atoms with van der Waals surface area (Å²) < 4.78 is 11.4. The summed E-state index contributed by atoms with van der Waals surface area (Å²) in [6, 6.07) is 1.99. The smallest absolute Gasteiger partial charge is 0.237 e. The maximum Gasteiger partial charge on any atom is 0.237 e. The van der Waals surface area contributed by atoms with Crippen molar-refractivity contribution in [3.63, 3.8) is 0 Å². The quantitative estimate of drug-likeness (QED) is 0.832. The lowest BCUT2D eigenvalue weighted by Crippen LogP contribution is -2.18. The molecule has 0 atom stereocenters. The molecule has 0 saturated heterocycles. The second-order valence-electron chi connectivity index (χ2n) is 3.41. The van der Waals surface area contributed by atoms with Gasteiger partial charge in [0.25, 0.3) is 0 Å². The Morgan fingerprint density at radius 3 is 3.18 bits per heavy atom. The molecule has 0 aliphatic heterocycles. The molecule has 0 amide bonds. The number of hydrogen-bond donors (Lipinski definition) is 1. The Bertz CT molecular complexity index is 469. The fourth-order valence-corrected chi connectivity index (χ4v) is 2.80. The van der Waals surface area contributed by atoms with Crippen LogP contribution >= 0.6 is 27.3 Å². The molecule has 2 rings (SSSR count). The number of aromatic nitrogens is 1. The highest BCUT2D eigenvalue weighted by atomic mass is 79.9. The van der Waals surface area contributed by atoms with Crippen molar-refractivity contribution in [3.05, 3.63) is 27.9 Å². The lowest BCUT2D eigenvalue weighted by atomic mass is 10.4. The fourth-order valence-electron chi connectivity index (χ4n) is 1.33. The van der Waals surface area contributed by atoms with Gasteiger partial charge in [0.2, 0.25) is 5.89 Å². The van der Waals surface area contributed by atoms with Gasteiger partial charge in [0.15, 0.2) is 0 Å². The minimum atomic E-state index is 0.662. The van der Waals surface area contributed by atoms with Crippen molar-refractivity contribution in [1.82, 2.24) is 10.3 Å². The number of nitrogens with zero attached hydrogens (tertiary/aromatic N) is 1. The van der Waals surface area contributed by atoms with Crippen LogP contribution in [0.25, 0.3) is 10.8 Å². The summed E-state index contributed by atoms with van der Waals surface area (Å²) in [5.74, 6) is 0.662. The normalized spacial score (nSPS) is 10.9. The van der Waals surface area contributed by atoms with Crippen molar-refractivity contribution in [2.75, 3.05) is 20.3 Å². The molecule has 0 aliphatic rings. The van der Waals surface area contributed by atoms with Gasteiger partial charge in [0.05, 0.1) is 12.3 Å². The van der Waals surface area contributed by atoms with E-state index in [1.54, 1.807) is 24.7 Å². The predicted octanol–water partition coefficient (Wildman–Crippen LogP) is 2.90. The van der Waals surface area contributed by atoms with Crippen LogP contribution < -0.4 is 5.32 Å². The first-order valence-corrected chi connectivity index (χ1v) is 6.86. The van der Waals surface area contributed by atoms with Crippen LogP contribution in [0.15, 0.2) is 26.6 Å². The average molecular weight is 317 g/mol. The first kappa shape index (κ1) is 12.8. The molecule has 0 aromatic carbocycles. The van der Waals surface area contributed by atoms with Gasteiger partial charge in [-0.05, 0) is 27.4 Å². The Morgan fingerprint density at radius 1 is 1.59 bits per heavy atom. The van der Waals surface area contributed by atoms with Gasteiger partial charge in [0, 0.05) is 24.7 Å². The summed E-state index contributed by atoms with van der Waals surface area (Å²) in [5, 5.41) is 5.22. The van der Waals surface area contributed by atoms with Crippen molar-refractivity contribution >= 4 is 27.3 Å². The van der Waals surface area contributed by atoms with Crippen molar-refractivity contribution in [1.29, 1.82) is 0 Å². The molecule has 2 aromatic rings. The Kier molecular flexibility index (Phi) is 4.73. The maximum absolute atomic E-state index is 5.44. The van der Waals surface area contributed by atoms with Crippen molar-refractivity contribution in [2.24, 2.45) is 0 Å². The summed E-state index contributed by atoms with van der Waals surface area (Å²) in [6.45, 7) is 2.19. The van der Waals surface area contributed by atoms with Gasteiger partial charge in [-0.1, -0.05) is 0 Å². The van der Waals surface area contributed by atoms with Crippen molar-refractivity contribution in [2.45, 2.75) is 6.54 Å². The summed E-state index contributed by atoms with van der Waals surface area (Å²) in [5.41, 5.74) is 0.899. The molecule has 0 unspecified atom stereocenters. The van der Waals surface area contributed by atoms with E-state index in [1.165, 1.54) is 0 Å². The van der Waals surface area contributed by atoms with Crippen LogP contribution in [-0.4, -0.2) is 25.2 Å². The molecule has 6 heteroatoms. The van der Waals surface area contributed by atoms with Crippen LogP contribution in [0.3, 0.4) is 0 Å². The molecular formula is C11H13BrN2O2S. The van der Waals surface area contributed by atoms with E-state index in [1.807, 2.05) is 11.4 Å². The van der Waals surface area contributed by atoms with E-state index < -0.39 is 0 Å². The van der Waals surface area contributed by atoms with Crippen molar-refractivity contribution < 1.29 is 9.15 Å². The minimum absolute atomic E-state index is 0.662. The van der Waals surface area contributed by atoms with E-state index in [0.717, 1.165) is 21.6 Å². The van der Waals surface area contributed by atoms with Crippen LogP contribution in [0.2, 0.25) is 0 Å². The van der Waals surface area contributed by atoms with Crippen molar-refractivity contribution in [3.8, 4) is 10.8 Å². The van der Waals surface area contributed by atoms with Gasteiger partial charge < -0.3 is 14.5 Å². The molecule has 0 fully saturated rings. The SMILES string of the molecule is COCCNCc1coc(-c2sccc2Br)n1. The van der Waals surface area contributed by atoms with Crippen LogP contribution in [0, 0.1) is 0 Å². The van der Waals surface area contributed by atoms with Crippen LogP contribution in [-0.2, 0) is 11.3 Å². The van der Waals surface area contributed by atoms with Gasteiger partial charge in [0.1, 0.15) is 11.1 Å². The lowest BCUT2D eigenvalue weighted by molar-refractivity contribution is 0.199. The monoisotopic (exact) mass is 316 g/mol. The van der Waals surface area contributed by atoms with E-state index in [4.69, 9.17) is 9.15 Å². The average Bonchev–Trinajstić information content (AvgIpc) is 2.93. The van der Waals surface area contributed by atoms with E-state index in [-0.39, 0.29) is 0 Å². The summed E-state index contributed by atoms with van der Waals surface area (Å²) in [6.07, 6.45) is 1.68. The first-order chi connectivity index (χ1) is 8.31. The van der Waals surface area contributed by atoms with Gasteiger partial charge in [-0.15, -0.1) is 11.3 Å². The first-order valence-electron chi connectivity index (χ1n) is 5.18. The van der Waals surface area contributed by atoms with Gasteiger partial charge in [-0.25, -0.2) is 4.98 Å². The Balaban J connectivity index is 1.95. The Labute approximate surface area is 112 Å². The number of oxazole rings is 1.